The van der Waals surface area contributed by atoms with E-state index < -0.39 is 12.8 Å². The minimum Gasteiger partial charge on any atom is -0.372 e. The highest BCUT2D eigenvalue weighted by Gasteiger charge is 2.27. The standard InChI is InChI=1S/C10H11F3O2S/c1-7-3-5-16-9(7)8(14)2-4-15-6-10(11,12)13/h3,5H,2,4,6H2,1H3. The maximum Gasteiger partial charge on any atom is 0.411 e. The fraction of sp³-hybridized carbons (Fsp3) is 0.500. The molecule has 0 aliphatic rings. The van der Waals surface area contributed by atoms with Crippen LogP contribution in [-0.4, -0.2) is 25.2 Å². The number of alkyl halides is 3. The molecule has 0 saturated heterocycles. The highest BCUT2D eigenvalue weighted by atomic mass is 32.1. The zero-order valence-corrected chi connectivity index (χ0v) is 9.45. The van der Waals surface area contributed by atoms with Gasteiger partial charge >= 0.3 is 6.18 Å². The van der Waals surface area contributed by atoms with Crippen molar-refractivity contribution >= 4 is 17.1 Å². The maximum absolute atomic E-state index is 11.7. The Balaban J connectivity index is 2.29. The van der Waals surface area contributed by atoms with E-state index >= 15 is 0 Å². The molecule has 1 aromatic heterocycles. The van der Waals surface area contributed by atoms with Gasteiger partial charge in [-0.1, -0.05) is 0 Å². The molecular weight excluding hydrogens is 241 g/mol. The molecule has 0 spiro atoms. The molecule has 0 atom stereocenters. The SMILES string of the molecule is Cc1ccsc1C(=O)CCOCC(F)(F)F. The Bertz CT molecular complexity index is 357. The number of thiophene rings is 1. The number of ether oxygens (including phenoxy) is 1. The van der Waals surface area contributed by atoms with Crippen LogP contribution in [-0.2, 0) is 4.74 Å². The van der Waals surface area contributed by atoms with E-state index in [1.807, 2.05) is 0 Å². The predicted octanol–water partition coefficient (Wildman–Crippen LogP) is 3.21. The molecule has 0 N–H and O–H groups in total. The quantitative estimate of drug-likeness (QED) is 0.594. The fourth-order valence-corrected chi connectivity index (χ4v) is 2.02. The highest BCUT2D eigenvalue weighted by molar-refractivity contribution is 7.12. The molecule has 1 aromatic rings. The van der Waals surface area contributed by atoms with Crippen LogP contribution in [0.25, 0.3) is 0 Å². The first-order valence-corrected chi connectivity index (χ1v) is 5.50. The van der Waals surface area contributed by atoms with Gasteiger partial charge in [0.2, 0.25) is 0 Å². The van der Waals surface area contributed by atoms with Crippen molar-refractivity contribution in [2.45, 2.75) is 19.5 Å². The van der Waals surface area contributed by atoms with Gasteiger partial charge in [-0.05, 0) is 23.9 Å². The van der Waals surface area contributed by atoms with E-state index in [9.17, 15) is 18.0 Å². The molecule has 6 heteroatoms. The topological polar surface area (TPSA) is 26.3 Å². The number of hydrogen-bond acceptors (Lipinski definition) is 3. The Morgan fingerprint density at radius 2 is 2.19 bits per heavy atom. The van der Waals surface area contributed by atoms with Gasteiger partial charge in [0.05, 0.1) is 11.5 Å². The second-order valence-electron chi connectivity index (χ2n) is 3.27. The van der Waals surface area contributed by atoms with Crippen molar-refractivity contribution in [3.8, 4) is 0 Å². The molecule has 0 unspecified atom stereocenters. The van der Waals surface area contributed by atoms with Crippen molar-refractivity contribution in [1.29, 1.82) is 0 Å². The average Bonchev–Trinajstić information content (AvgIpc) is 2.57. The molecule has 0 aliphatic heterocycles. The first kappa shape index (κ1) is 13.2. The minimum atomic E-state index is -4.33. The van der Waals surface area contributed by atoms with Gasteiger partial charge in [-0.25, -0.2) is 0 Å². The lowest BCUT2D eigenvalue weighted by Gasteiger charge is -2.06. The predicted molar refractivity (Wildman–Crippen MR) is 54.9 cm³/mol. The number of aryl methyl sites for hydroxylation is 1. The smallest absolute Gasteiger partial charge is 0.372 e. The molecule has 1 rings (SSSR count). The number of rotatable bonds is 5. The van der Waals surface area contributed by atoms with Crippen molar-refractivity contribution in [2.75, 3.05) is 13.2 Å². The molecule has 0 aromatic carbocycles. The van der Waals surface area contributed by atoms with Crippen molar-refractivity contribution in [1.82, 2.24) is 0 Å². The normalized spacial score (nSPS) is 11.8. The van der Waals surface area contributed by atoms with E-state index in [4.69, 9.17) is 0 Å². The number of carbonyl (C=O) groups excluding carboxylic acids is 1. The Morgan fingerprint density at radius 3 is 2.69 bits per heavy atom. The number of hydrogen-bond donors (Lipinski definition) is 0. The monoisotopic (exact) mass is 252 g/mol. The minimum absolute atomic E-state index is 0.0164. The van der Waals surface area contributed by atoms with Crippen molar-refractivity contribution in [2.24, 2.45) is 0 Å². The Morgan fingerprint density at radius 1 is 1.50 bits per heavy atom. The van der Waals surface area contributed by atoms with Crippen LogP contribution in [0.5, 0.6) is 0 Å². The van der Waals surface area contributed by atoms with E-state index in [1.54, 1.807) is 18.4 Å². The third-order valence-electron chi connectivity index (χ3n) is 1.85. The van der Waals surface area contributed by atoms with Gasteiger partial charge < -0.3 is 4.74 Å². The largest absolute Gasteiger partial charge is 0.411 e. The summed E-state index contributed by atoms with van der Waals surface area (Å²) in [6.45, 7) is 0.291. The Labute approximate surface area is 95.0 Å². The number of halogens is 3. The van der Waals surface area contributed by atoms with Gasteiger partial charge in [-0.3, -0.25) is 4.79 Å². The van der Waals surface area contributed by atoms with E-state index in [1.165, 1.54) is 11.3 Å². The zero-order chi connectivity index (χ0) is 12.2. The van der Waals surface area contributed by atoms with Crippen LogP contribution in [0.3, 0.4) is 0 Å². The first-order valence-electron chi connectivity index (χ1n) is 4.62. The van der Waals surface area contributed by atoms with Gasteiger partial charge in [0.15, 0.2) is 5.78 Å². The van der Waals surface area contributed by atoms with Gasteiger partial charge in [-0.2, -0.15) is 13.2 Å². The number of Topliss-reactive ketones (excluding diaryl/α,β-unsaturated/α-hetero) is 1. The second kappa shape index (κ2) is 5.45. The molecule has 90 valence electrons. The second-order valence-corrected chi connectivity index (χ2v) is 4.19. The lowest BCUT2D eigenvalue weighted by molar-refractivity contribution is -0.173. The lowest BCUT2D eigenvalue weighted by atomic mass is 10.2. The van der Waals surface area contributed by atoms with E-state index in [-0.39, 0.29) is 18.8 Å². The van der Waals surface area contributed by atoms with Gasteiger partial charge in [-0.15, -0.1) is 11.3 Å². The van der Waals surface area contributed by atoms with Crippen LogP contribution in [0, 0.1) is 6.92 Å². The zero-order valence-electron chi connectivity index (χ0n) is 8.63. The third-order valence-corrected chi connectivity index (χ3v) is 2.91. The number of carbonyl (C=O) groups is 1. The summed E-state index contributed by atoms with van der Waals surface area (Å²) < 4.78 is 39.5. The van der Waals surface area contributed by atoms with Gasteiger partial charge in [0.25, 0.3) is 0 Å². The Hall–Kier alpha value is -0.880. The molecule has 0 radical (unpaired) electrons. The molecule has 1 heterocycles. The van der Waals surface area contributed by atoms with E-state index in [2.05, 4.69) is 4.74 Å². The fourth-order valence-electron chi connectivity index (χ4n) is 1.12. The van der Waals surface area contributed by atoms with Crippen molar-refractivity contribution < 1.29 is 22.7 Å². The van der Waals surface area contributed by atoms with E-state index in [0.29, 0.717) is 4.88 Å². The average molecular weight is 252 g/mol. The summed E-state index contributed by atoms with van der Waals surface area (Å²) in [5.41, 5.74) is 0.853. The van der Waals surface area contributed by atoms with Crippen LogP contribution in [0.4, 0.5) is 13.2 Å². The van der Waals surface area contributed by atoms with Crippen LogP contribution in [0.15, 0.2) is 11.4 Å². The Kier molecular flexibility index (Phi) is 4.49. The first-order chi connectivity index (χ1) is 7.40. The summed E-state index contributed by atoms with van der Waals surface area (Å²) in [4.78, 5) is 12.1. The van der Waals surface area contributed by atoms with E-state index in [0.717, 1.165) is 5.56 Å². The van der Waals surface area contributed by atoms with Crippen LogP contribution in [0.2, 0.25) is 0 Å². The van der Waals surface area contributed by atoms with Crippen LogP contribution in [0.1, 0.15) is 21.7 Å². The maximum atomic E-state index is 11.7. The van der Waals surface area contributed by atoms with Crippen LogP contribution < -0.4 is 0 Å². The molecule has 0 bridgehead atoms. The van der Waals surface area contributed by atoms with Crippen molar-refractivity contribution in [3.05, 3.63) is 21.9 Å². The van der Waals surface area contributed by atoms with Gasteiger partial charge in [0, 0.05) is 6.42 Å². The summed E-state index contributed by atoms with van der Waals surface area (Å²) in [7, 11) is 0. The van der Waals surface area contributed by atoms with Gasteiger partial charge in [0.1, 0.15) is 6.61 Å². The lowest BCUT2D eigenvalue weighted by Crippen LogP contribution is -2.18. The summed E-state index contributed by atoms with van der Waals surface area (Å²) >= 11 is 1.29. The molecule has 2 nitrogen and oxygen atoms in total. The molecular formula is C10H11F3O2S. The van der Waals surface area contributed by atoms with Crippen LogP contribution >= 0.6 is 11.3 Å². The summed E-state index contributed by atoms with van der Waals surface area (Å²) in [5, 5.41) is 1.78. The molecule has 0 aliphatic carbocycles. The van der Waals surface area contributed by atoms with Crippen molar-refractivity contribution in [3.63, 3.8) is 0 Å². The highest BCUT2D eigenvalue weighted by Crippen LogP contribution is 2.18. The summed E-state index contributed by atoms with van der Waals surface area (Å²) in [5.74, 6) is -0.172. The third kappa shape index (κ3) is 4.32. The molecule has 0 fully saturated rings. The molecule has 16 heavy (non-hydrogen) atoms. The number of ketones is 1. The molecule has 0 amide bonds. The molecule has 0 saturated carbocycles. The summed E-state index contributed by atoms with van der Waals surface area (Å²) in [6.07, 6.45) is -4.35. The summed E-state index contributed by atoms with van der Waals surface area (Å²) in [6, 6.07) is 1.80.